The highest BCUT2D eigenvalue weighted by Crippen LogP contribution is 2.38. The van der Waals surface area contributed by atoms with Crippen LogP contribution in [0.5, 0.6) is 11.5 Å². The molecule has 7 nitrogen and oxygen atoms in total. The first-order chi connectivity index (χ1) is 10.6. The fourth-order valence-corrected chi connectivity index (χ4v) is 2.14. The van der Waals surface area contributed by atoms with Gasteiger partial charge in [-0.1, -0.05) is 18.5 Å². The van der Waals surface area contributed by atoms with Crippen LogP contribution in [0.25, 0.3) is 11.3 Å². The summed E-state index contributed by atoms with van der Waals surface area (Å²) in [6, 6.07) is 3.30. The van der Waals surface area contributed by atoms with E-state index in [4.69, 9.17) is 26.8 Å². The van der Waals surface area contributed by atoms with Crippen LogP contribution < -0.4 is 15.2 Å². The van der Waals surface area contributed by atoms with Gasteiger partial charge >= 0.3 is 0 Å². The highest BCUT2D eigenvalue weighted by Gasteiger charge is 2.20. The van der Waals surface area contributed by atoms with Crippen LogP contribution in [0.15, 0.2) is 12.1 Å². The zero-order valence-corrected chi connectivity index (χ0v) is 13.1. The number of hydrogen-bond donors (Lipinski definition) is 2. The number of nitrogens with two attached hydrogens (primary N) is 1. The molecule has 8 heteroatoms. The Kier molecular flexibility index (Phi) is 5.21. The SMILES string of the molecule is CCCOc1cc(Cl)c(-c2n[nH]nc2C(N)=O)cc1OCC. The van der Waals surface area contributed by atoms with Crippen LogP contribution >= 0.6 is 11.6 Å². The van der Waals surface area contributed by atoms with E-state index in [0.717, 1.165) is 6.42 Å². The molecule has 0 aliphatic rings. The molecule has 0 aliphatic carbocycles. The summed E-state index contributed by atoms with van der Waals surface area (Å²) in [4.78, 5) is 11.4. The molecule has 0 saturated carbocycles. The second-order valence-electron chi connectivity index (χ2n) is 4.45. The van der Waals surface area contributed by atoms with E-state index in [0.29, 0.717) is 35.3 Å². The van der Waals surface area contributed by atoms with E-state index in [2.05, 4.69) is 15.4 Å². The minimum atomic E-state index is -0.691. The van der Waals surface area contributed by atoms with Crippen LogP contribution in [0.1, 0.15) is 30.8 Å². The molecule has 1 heterocycles. The molecule has 0 saturated heterocycles. The van der Waals surface area contributed by atoms with Gasteiger partial charge in [0, 0.05) is 11.6 Å². The van der Waals surface area contributed by atoms with Gasteiger partial charge in [0.1, 0.15) is 5.69 Å². The predicted octanol–water partition coefficient (Wildman–Crippen LogP) is 2.41. The van der Waals surface area contributed by atoms with Gasteiger partial charge in [0.15, 0.2) is 17.2 Å². The number of nitrogens with one attached hydrogen (secondary N) is 1. The summed E-state index contributed by atoms with van der Waals surface area (Å²) in [7, 11) is 0. The lowest BCUT2D eigenvalue weighted by Crippen LogP contribution is -2.13. The third-order valence-corrected chi connectivity index (χ3v) is 3.14. The summed E-state index contributed by atoms with van der Waals surface area (Å²) < 4.78 is 11.2. The number of amides is 1. The smallest absolute Gasteiger partial charge is 0.271 e. The lowest BCUT2D eigenvalue weighted by atomic mass is 10.1. The molecule has 22 heavy (non-hydrogen) atoms. The van der Waals surface area contributed by atoms with E-state index < -0.39 is 5.91 Å². The number of aromatic amines is 1. The molecule has 0 atom stereocenters. The summed E-state index contributed by atoms with van der Waals surface area (Å²) in [5.41, 5.74) is 6.07. The van der Waals surface area contributed by atoms with Crippen LogP contribution in [-0.2, 0) is 0 Å². The van der Waals surface area contributed by atoms with Gasteiger partial charge in [-0.15, -0.1) is 0 Å². The number of nitrogens with zero attached hydrogens (tertiary/aromatic N) is 2. The maximum atomic E-state index is 11.4. The predicted molar refractivity (Wildman–Crippen MR) is 82.3 cm³/mol. The Morgan fingerprint density at radius 1 is 1.27 bits per heavy atom. The number of aromatic nitrogens is 3. The summed E-state index contributed by atoms with van der Waals surface area (Å²) in [6.45, 7) is 4.88. The van der Waals surface area contributed by atoms with E-state index >= 15 is 0 Å². The van der Waals surface area contributed by atoms with Crippen LogP contribution in [0.4, 0.5) is 0 Å². The van der Waals surface area contributed by atoms with Crippen molar-refractivity contribution in [2.75, 3.05) is 13.2 Å². The third-order valence-electron chi connectivity index (χ3n) is 2.83. The first-order valence-electron chi connectivity index (χ1n) is 6.88. The molecule has 2 aromatic rings. The van der Waals surface area contributed by atoms with E-state index in [1.165, 1.54) is 0 Å². The fourth-order valence-electron chi connectivity index (χ4n) is 1.90. The fraction of sp³-hybridized carbons (Fsp3) is 0.357. The number of ether oxygens (including phenoxy) is 2. The third kappa shape index (κ3) is 3.30. The minimum Gasteiger partial charge on any atom is -0.490 e. The van der Waals surface area contributed by atoms with Crippen molar-refractivity contribution in [2.45, 2.75) is 20.3 Å². The number of H-pyrrole nitrogens is 1. The molecule has 0 aliphatic heterocycles. The molecule has 2 rings (SSSR count). The molecular weight excluding hydrogens is 308 g/mol. The number of rotatable bonds is 7. The summed E-state index contributed by atoms with van der Waals surface area (Å²) in [5, 5.41) is 10.4. The Hall–Kier alpha value is -2.28. The topological polar surface area (TPSA) is 103 Å². The van der Waals surface area contributed by atoms with Crippen molar-refractivity contribution >= 4 is 17.5 Å². The summed E-state index contributed by atoms with van der Waals surface area (Å²) in [6.07, 6.45) is 0.861. The van der Waals surface area contributed by atoms with Crippen molar-refractivity contribution in [3.63, 3.8) is 0 Å². The molecule has 0 unspecified atom stereocenters. The van der Waals surface area contributed by atoms with Gasteiger partial charge < -0.3 is 15.2 Å². The minimum absolute atomic E-state index is 0.0200. The molecule has 0 fully saturated rings. The van der Waals surface area contributed by atoms with Crippen molar-refractivity contribution < 1.29 is 14.3 Å². The first kappa shape index (κ1) is 16.1. The number of hydrogen-bond acceptors (Lipinski definition) is 5. The van der Waals surface area contributed by atoms with Gasteiger partial charge in [-0.25, -0.2) is 0 Å². The zero-order valence-electron chi connectivity index (χ0n) is 12.4. The summed E-state index contributed by atoms with van der Waals surface area (Å²) >= 11 is 6.28. The summed E-state index contributed by atoms with van der Waals surface area (Å²) in [5.74, 6) is 0.374. The van der Waals surface area contributed by atoms with E-state index in [9.17, 15) is 4.79 Å². The highest BCUT2D eigenvalue weighted by atomic mass is 35.5. The number of carbonyl (C=O) groups is 1. The molecule has 0 bridgehead atoms. The molecule has 3 N–H and O–H groups in total. The van der Waals surface area contributed by atoms with Gasteiger partial charge in [0.05, 0.1) is 18.2 Å². The Morgan fingerprint density at radius 2 is 2.00 bits per heavy atom. The maximum Gasteiger partial charge on any atom is 0.271 e. The largest absolute Gasteiger partial charge is 0.490 e. The standard InChI is InChI=1S/C14H17ClN4O3/c1-3-5-22-11-7-9(15)8(6-10(11)21-4-2)12-13(14(16)20)18-19-17-12/h6-7H,3-5H2,1-2H3,(H2,16,20)(H,17,18,19). The van der Waals surface area contributed by atoms with E-state index in [1.54, 1.807) is 12.1 Å². The van der Waals surface area contributed by atoms with Gasteiger partial charge in [-0.3, -0.25) is 4.79 Å². The molecule has 0 radical (unpaired) electrons. The molecule has 0 spiro atoms. The number of benzene rings is 1. The molecule has 1 aromatic heterocycles. The molecule has 1 amide bonds. The zero-order chi connectivity index (χ0) is 16.1. The number of halogens is 1. The van der Waals surface area contributed by atoms with Crippen LogP contribution in [0.3, 0.4) is 0 Å². The second kappa shape index (κ2) is 7.13. The highest BCUT2D eigenvalue weighted by molar-refractivity contribution is 6.33. The Balaban J connectivity index is 2.50. The van der Waals surface area contributed by atoms with Crippen molar-refractivity contribution in [3.05, 3.63) is 22.8 Å². The molecule has 118 valence electrons. The van der Waals surface area contributed by atoms with E-state index in [-0.39, 0.29) is 11.4 Å². The maximum absolute atomic E-state index is 11.4. The number of carbonyl (C=O) groups excluding carboxylic acids is 1. The Labute approximate surface area is 132 Å². The quantitative estimate of drug-likeness (QED) is 0.814. The molecular formula is C14H17ClN4O3. The van der Waals surface area contributed by atoms with E-state index in [1.807, 2.05) is 13.8 Å². The van der Waals surface area contributed by atoms with Crippen molar-refractivity contribution in [2.24, 2.45) is 5.73 Å². The van der Waals surface area contributed by atoms with Gasteiger partial charge in [0.2, 0.25) is 0 Å². The average molecular weight is 325 g/mol. The van der Waals surface area contributed by atoms with Gasteiger partial charge in [-0.2, -0.15) is 15.4 Å². The van der Waals surface area contributed by atoms with Crippen molar-refractivity contribution in [1.29, 1.82) is 0 Å². The normalized spacial score (nSPS) is 10.5. The lowest BCUT2D eigenvalue weighted by Gasteiger charge is -2.14. The Morgan fingerprint density at radius 3 is 2.64 bits per heavy atom. The van der Waals surface area contributed by atoms with Crippen LogP contribution in [0, 0.1) is 0 Å². The van der Waals surface area contributed by atoms with Gasteiger partial charge in [0.25, 0.3) is 5.91 Å². The van der Waals surface area contributed by atoms with Crippen molar-refractivity contribution in [3.8, 4) is 22.8 Å². The second-order valence-corrected chi connectivity index (χ2v) is 4.85. The number of primary amides is 1. The van der Waals surface area contributed by atoms with Crippen LogP contribution in [-0.4, -0.2) is 34.5 Å². The monoisotopic (exact) mass is 324 g/mol. The Bertz CT molecular complexity index is 672. The van der Waals surface area contributed by atoms with Gasteiger partial charge in [-0.05, 0) is 19.4 Å². The van der Waals surface area contributed by atoms with Crippen molar-refractivity contribution in [1.82, 2.24) is 15.4 Å². The first-order valence-corrected chi connectivity index (χ1v) is 7.26. The molecule has 1 aromatic carbocycles. The lowest BCUT2D eigenvalue weighted by molar-refractivity contribution is 0.0996. The van der Waals surface area contributed by atoms with Crippen LogP contribution in [0.2, 0.25) is 5.02 Å². The average Bonchev–Trinajstić information content (AvgIpc) is 2.96.